The number of nitrogens with one attached hydrogen (secondary N) is 1. The van der Waals surface area contributed by atoms with E-state index < -0.39 is 0 Å². The number of aromatic nitrogens is 2. The zero-order valence-electron chi connectivity index (χ0n) is 14.1. The number of hydrogen-bond acceptors (Lipinski definition) is 4. The Labute approximate surface area is 137 Å². The lowest BCUT2D eigenvalue weighted by Gasteiger charge is -2.17. The Balaban J connectivity index is 2.11. The number of aryl methyl sites for hydroxylation is 1. The molecule has 0 unspecified atom stereocenters. The van der Waals surface area contributed by atoms with Gasteiger partial charge in [-0.05, 0) is 31.4 Å². The highest BCUT2D eigenvalue weighted by atomic mass is 16.5. The number of para-hydroxylation sites is 1. The molecule has 0 saturated carbocycles. The van der Waals surface area contributed by atoms with E-state index in [2.05, 4.69) is 29.3 Å². The molecule has 124 valence electrons. The topological polar surface area (TPSA) is 68.0 Å². The fourth-order valence-corrected chi connectivity index (χ4v) is 2.71. The molecule has 5 heteroatoms. The van der Waals surface area contributed by atoms with Gasteiger partial charge in [0.2, 0.25) is 11.8 Å². The second kappa shape index (κ2) is 8.46. The number of carbonyl (C=O) groups excluding carboxylic acids is 1. The highest BCUT2D eigenvalue weighted by Crippen LogP contribution is 2.21. The first-order valence-corrected chi connectivity index (χ1v) is 8.32. The summed E-state index contributed by atoms with van der Waals surface area (Å²) >= 11 is 0. The summed E-state index contributed by atoms with van der Waals surface area (Å²) in [4.78, 5) is 16.8. The van der Waals surface area contributed by atoms with Gasteiger partial charge in [-0.2, -0.15) is 4.98 Å². The van der Waals surface area contributed by atoms with Gasteiger partial charge in [-0.1, -0.05) is 50.0 Å². The average Bonchev–Trinajstić information content (AvgIpc) is 2.94. The maximum Gasteiger partial charge on any atom is 0.231 e. The predicted molar refractivity (Wildman–Crippen MR) is 90.2 cm³/mol. The van der Waals surface area contributed by atoms with Crippen molar-refractivity contribution in [3.63, 3.8) is 0 Å². The summed E-state index contributed by atoms with van der Waals surface area (Å²) in [5.74, 6) is 1.35. The predicted octanol–water partition coefficient (Wildman–Crippen LogP) is 4.12. The van der Waals surface area contributed by atoms with Crippen LogP contribution in [-0.4, -0.2) is 16.0 Å². The Bertz CT molecular complexity index is 631. The SMILES string of the molecule is CCCC(CCC)C(=O)Nc1ccccc1Cc1nc(C)no1. The molecule has 1 aromatic heterocycles. The molecule has 0 saturated heterocycles. The van der Waals surface area contributed by atoms with Crippen molar-refractivity contribution in [3.8, 4) is 0 Å². The van der Waals surface area contributed by atoms with E-state index in [1.54, 1.807) is 6.92 Å². The van der Waals surface area contributed by atoms with E-state index in [-0.39, 0.29) is 11.8 Å². The smallest absolute Gasteiger partial charge is 0.231 e. The molecule has 1 amide bonds. The van der Waals surface area contributed by atoms with E-state index >= 15 is 0 Å². The van der Waals surface area contributed by atoms with Crippen molar-refractivity contribution in [2.24, 2.45) is 5.92 Å². The van der Waals surface area contributed by atoms with Crippen molar-refractivity contribution < 1.29 is 9.32 Å². The third-order valence-corrected chi connectivity index (χ3v) is 3.83. The van der Waals surface area contributed by atoms with E-state index in [9.17, 15) is 4.79 Å². The lowest BCUT2D eigenvalue weighted by atomic mass is 9.97. The van der Waals surface area contributed by atoms with Crippen LogP contribution in [0.5, 0.6) is 0 Å². The minimum absolute atomic E-state index is 0.0729. The molecule has 1 aromatic carbocycles. The number of hydrogen-bond donors (Lipinski definition) is 1. The standard InChI is InChI=1S/C18H25N3O2/c1-4-8-14(9-5-2)18(22)20-16-11-7-6-10-15(16)12-17-19-13(3)21-23-17/h6-7,10-11,14H,4-5,8-9,12H2,1-3H3,(H,20,22). The van der Waals surface area contributed by atoms with Crippen LogP contribution >= 0.6 is 0 Å². The lowest BCUT2D eigenvalue weighted by Crippen LogP contribution is -2.23. The van der Waals surface area contributed by atoms with E-state index in [4.69, 9.17) is 4.52 Å². The van der Waals surface area contributed by atoms with Crippen LogP contribution in [0.3, 0.4) is 0 Å². The van der Waals surface area contributed by atoms with Crippen LogP contribution in [0.4, 0.5) is 5.69 Å². The molecule has 0 fully saturated rings. The molecule has 0 bridgehead atoms. The highest BCUT2D eigenvalue weighted by Gasteiger charge is 2.18. The van der Waals surface area contributed by atoms with E-state index in [0.29, 0.717) is 18.1 Å². The third kappa shape index (κ3) is 4.91. The molecule has 0 spiro atoms. The summed E-state index contributed by atoms with van der Waals surface area (Å²) in [5.41, 5.74) is 1.81. The van der Waals surface area contributed by atoms with Crippen molar-refractivity contribution in [3.05, 3.63) is 41.5 Å². The van der Waals surface area contributed by atoms with Crippen LogP contribution in [-0.2, 0) is 11.2 Å². The molecule has 2 aromatic rings. The zero-order chi connectivity index (χ0) is 16.7. The monoisotopic (exact) mass is 315 g/mol. The number of carbonyl (C=O) groups is 1. The van der Waals surface area contributed by atoms with Gasteiger partial charge in [0.25, 0.3) is 0 Å². The van der Waals surface area contributed by atoms with Crippen molar-refractivity contribution >= 4 is 11.6 Å². The Kier molecular flexibility index (Phi) is 6.32. The molecule has 1 N–H and O–H groups in total. The van der Waals surface area contributed by atoms with Crippen LogP contribution in [0, 0.1) is 12.8 Å². The van der Waals surface area contributed by atoms with Crippen molar-refractivity contribution in [2.75, 3.05) is 5.32 Å². The maximum atomic E-state index is 12.5. The first-order valence-electron chi connectivity index (χ1n) is 8.32. The number of rotatable bonds is 8. The summed E-state index contributed by atoms with van der Waals surface area (Å²) in [6.07, 6.45) is 4.39. The Morgan fingerprint density at radius 3 is 2.52 bits per heavy atom. The summed E-state index contributed by atoms with van der Waals surface area (Å²) < 4.78 is 5.18. The largest absolute Gasteiger partial charge is 0.339 e. The fourth-order valence-electron chi connectivity index (χ4n) is 2.71. The lowest BCUT2D eigenvalue weighted by molar-refractivity contribution is -0.120. The Hall–Kier alpha value is -2.17. The molecule has 1 heterocycles. The molecule has 5 nitrogen and oxygen atoms in total. The van der Waals surface area contributed by atoms with Gasteiger partial charge in [0.05, 0.1) is 6.42 Å². The summed E-state index contributed by atoms with van der Waals surface area (Å²) in [5, 5.41) is 6.89. The Morgan fingerprint density at radius 2 is 1.91 bits per heavy atom. The number of amides is 1. The van der Waals surface area contributed by atoms with Crippen LogP contribution < -0.4 is 5.32 Å². The third-order valence-electron chi connectivity index (χ3n) is 3.83. The molecule has 2 rings (SSSR count). The van der Waals surface area contributed by atoms with Crippen LogP contribution in [0.15, 0.2) is 28.8 Å². The molecule has 0 aliphatic carbocycles. The second-order valence-electron chi connectivity index (χ2n) is 5.83. The van der Waals surface area contributed by atoms with Gasteiger partial charge in [0.1, 0.15) is 0 Å². The summed E-state index contributed by atoms with van der Waals surface area (Å²) in [7, 11) is 0. The maximum absolute atomic E-state index is 12.5. The number of benzene rings is 1. The first kappa shape index (κ1) is 17.2. The molecule has 0 aliphatic rings. The van der Waals surface area contributed by atoms with Gasteiger partial charge >= 0.3 is 0 Å². The quantitative estimate of drug-likeness (QED) is 0.795. The minimum Gasteiger partial charge on any atom is -0.339 e. The highest BCUT2D eigenvalue weighted by molar-refractivity contribution is 5.93. The van der Waals surface area contributed by atoms with Crippen LogP contribution in [0.25, 0.3) is 0 Å². The van der Waals surface area contributed by atoms with Gasteiger partial charge in [0.15, 0.2) is 5.82 Å². The van der Waals surface area contributed by atoms with E-state index in [1.807, 2.05) is 24.3 Å². The van der Waals surface area contributed by atoms with Crippen LogP contribution in [0.2, 0.25) is 0 Å². The fraction of sp³-hybridized carbons (Fsp3) is 0.500. The van der Waals surface area contributed by atoms with Gasteiger partial charge in [-0.3, -0.25) is 4.79 Å². The van der Waals surface area contributed by atoms with Crippen molar-refractivity contribution in [1.82, 2.24) is 10.1 Å². The Morgan fingerprint density at radius 1 is 1.22 bits per heavy atom. The van der Waals surface area contributed by atoms with Crippen molar-refractivity contribution in [2.45, 2.75) is 52.9 Å². The minimum atomic E-state index is 0.0729. The molecule has 23 heavy (non-hydrogen) atoms. The van der Waals surface area contributed by atoms with Crippen molar-refractivity contribution in [1.29, 1.82) is 0 Å². The second-order valence-corrected chi connectivity index (χ2v) is 5.83. The summed E-state index contributed by atoms with van der Waals surface area (Å²) in [6, 6.07) is 7.77. The number of nitrogens with zero attached hydrogens (tertiary/aromatic N) is 2. The molecular formula is C18H25N3O2. The van der Waals surface area contributed by atoms with Gasteiger partial charge < -0.3 is 9.84 Å². The van der Waals surface area contributed by atoms with E-state index in [1.165, 1.54) is 0 Å². The van der Waals surface area contributed by atoms with E-state index in [0.717, 1.165) is 36.9 Å². The molecule has 0 aliphatic heterocycles. The van der Waals surface area contributed by atoms with Gasteiger partial charge in [-0.15, -0.1) is 0 Å². The zero-order valence-corrected chi connectivity index (χ0v) is 14.1. The number of anilines is 1. The van der Waals surface area contributed by atoms with Gasteiger partial charge in [-0.25, -0.2) is 0 Å². The van der Waals surface area contributed by atoms with Crippen LogP contribution in [0.1, 0.15) is 56.8 Å². The summed E-state index contributed by atoms with van der Waals surface area (Å²) in [6.45, 7) is 6.02. The first-order chi connectivity index (χ1) is 11.1. The average molecular weight is 315 g/mol. The molecule has 0 radical (unpaired) electrons. The molecular weight excluding hydrogens is 290 g/mol. The van der Waals surface area contributed by atoms with Gasteiger partial charge in [0, 0.05) is 11.6 Å². The normalized spacial score (nSPS) is 11.0. The molecule has 0 atom stereocenters.